The Morgan fingerprint density at radius 1 is 1.12 bits per heavy atom. The number of likely N-dealkylation sites (tertiary alicyclic amines) is 1. The van der Waals surface area contributed by atoms with Gasteiger partial charge in [-0.3, -0.25) is 9.30 Å². The van der Waals surface area contributed by atoms with Crippen LogP contribution in [-0.2, 0) is 6.54 Å². The van der Waals surface area contributed by atoms with Gasteiger partial charge in [-0.1, -0.05) is 12.1 Å². The molecule has 25 heavy (non-hydrogen) atoms. The van der Waals surface area contributed by atoms with Gasteiger partial charge in [0, 0.05) is 44.1 Å². The number of aromatic nitrogens is 4. The van der Waals surface area contributed by atoms with Crippen LogP contribution in [0.15, 0.2) is 36.7 Å². The van der Waals surface area contributed by atoms with Crippen LogP contribution in [-0.4, -0.2) is 49.7 Å². The van der Waals surface area contributed by atoms with Crippen molar-refractivity contribution in [3.8, 4) is 0 Å². The maximum atomic E-state index is 13.1. The standard InChI is InChI=1S/C18H19FN6/c1-12-21-22-18-17(20-6-7-24(12)18)25-11-15-8-16(25)10-23(15)9-13-2-4-14(19)5-3-13/h2-7,15-16H,8-11H2,1H3. The van der Waals surface area contributed by atoms with E-state index in [1.807, 2.05) is 35.9 Å². The molecule has 2 saturated heterocycles. The first-order valence-corrected chi connectivity index (χ1v) is 8.60. The van der Waals surface area contributed by atoms with E-state index in [0.717, 1.165) is 48.9 Å². The summed E-state index contributed by atoms with van der Waals surface area (Å²) < 4.78 is 15.1. The van der Waals surface area contributed by atoms with Crippen molar-refractivity contribution < 1.29 is 4.39 Å². The van der Waals surface area contributed by atoms with E-state index in [4.69, 9.17) is 0 Å². The third-order valence-electron chi connectivity index (χ3n) is 5.40. The van der Waals surface area contributed by atoms with Crippen LogP contribution in [0.5, 0.6) is 0 Å². The van der Waals surface area contributed by atoms with E-state index >= 15 is 0 Å². The minimum atomic E-state index is -0.180. The second-order valence-corrected chi connectivity index (χ2v) is 6.94. The fourth-order valence-corrected chi connectivity index (χ4v) is 4.16. The lowest BCUT2D eigenvalue weighted by Crippen LogP contribution is -2.46. The van der Waals surface area contributed by atoms with E-state index in [2.05, 4.69) is 25.0 Å². The van der Waals surface area contributed by atoms with Gasteiger partial charge in [-0.2, -0.15) is 0 Å². The van der Waals surface area contributed by atoms with Gasteiger partial charge in [0.2, 0.25) is 5.65 Å². The number of benzene rings is 1. The van der Waals surface area contributed by atoms with Gasteiger partial charge in [0.05, 0.1) is 0 Å². The zero-order valence-corrected chi connectivity index (χ0v) is 14.0. The third kappa shape index (κ3) is 2.38. The molecule has 1 aromatic carbocycles. The van der Waals surface area contributed by atoms with Gasteiger partial charge >= 0.3 is 0 Å². The number of hydrogen-bond donors (Lipinski definition) is 0. The van der Waals surface area contributed by atoms with E-state index in [1.165, 1.54) is 12.1 Å². The predicted molar refractivity (Wildman–Crippen MR) is 91.9 cm³/mol. The highest BCUT2D eigenvalue weighted by Crippen LogP contribution is 2.35. The first-order chi connectivity index (χ1) is 12.2. The van der Waals surface area contributed by atoms with Gasteiger partial charge in [0.1, 0.15) is 11.6 Å². The molecule has 2 fully saturated rings. The second kappa shape index (κ2) is 5.49. The third-order valence-corrected chi connectivity index (χ3v) is 5.40. The average molecular weight is 338 g/mol. The van der Waals surface area contributed by atoms with Gasteiger partial charge in [0.15, 0.2) is 5.82 Å². The normalized spacial score (nSPS) is 23.0. The van der Waals surface area contributed by atoms with Crippen molar-refractivity contribution in [2.75, 3.05) is 18.0 Å². The summed E-state index contributed by atoms with van der Waals surface area (Å²) in [4.78, 5) is 9.44. The first kappa shape index (κ1) is 14.8. The lowest BCUT2D eigenvalue weighted by Gasteiger charge is -2.34. The Morgan fingerprint density at radius 3 is 2.72 bits per heavy atom. The SMILES string of the molecule is Cc1nnc2c(N3CC4CC3CN4Cc3ccc(F)cc3)nccn12. The summed E-state index contributed by atoms with van der Waals surface area (Å²) in [5, 5.41) is 8.47. The number of anilines is 1. The molecule has 5 rings (SSSR count). The Kier molecular flexibility index (Phi) is 3.24. The highest BCUT2D eigenvalue weighted by molar-refractivity contribution is 5.65. The van der Waals surface area contributed by atoms with Gasteiger partial charge in [-0.05, 0) is 31.0 Å². The molecular weight excluding hydrogens is 319 g/mol. The van der Waals surface area contributed by atoms with Crippen LogP contribution in [0, 0.1) is 12.7 Å². The van der Waals surface area contributed by atoms with Crippen LogP contribution in [0.4, 0.5) is 10.2 Å². The summed E-state index contributed by atoms with van der Waals surface area (Å²) in [7, 11) is 0. The van der Waals surface area contributed by atoms with Gasteiger partial charge in [0.25, 0.3) is 0 Å². The summed E-state index contributed by atoms with van der Waals surface area (Å²) in [5.74, 6) is 1.62. The zero-order chi connectivity index (χ0) is 17.0. The molecule has 2 aliphatic rings. The molecule has 2 bridgehead atoms. The molecule has 0 N–H and O–H groups in total. The summed E-state index contributed by atoms with van der Waals surface area (Å²) in [6, 6.07) is 7.77. The fourth-order valence-electron chi connectivity index (χ4n) is 4.16. The molecule has 2 aliphatic heterocycles. The fraction of sp³-hybridized carbons (Fsp3) is 0.389. The number of nitrogens with zero attached hydrogens (tertiary/aromatic N) is 6. The Balaban J connectivity index is 1.36. The van der Waals surface area contributed by atoms with Crippen LogP contribution >= 0.6 is 0 Å². The zero-order valence-electron chi connectivity index (χ0n) is 14.0. The quantitative estimate of drug-likeness (QED) is 0.731. The molecule has 3 aromatic rings. The number of fused-ring (bicyclic) bond motifs is 3. The van der Waals surface area contributed by atoms with Gasteiger partial charge < -0.3 is 4.90 Å². The van der Waals surface area contributed by atoms with E-state index < -0.39 is 0 Å². The lowest BCUT2D eigenvalue weighted by atomic mass is 10.2. The minimum absolute atomic E-state index is 0.180. The van der Waals surface area contributed by atoms with Crippen LogP contribution in [0.1, 0.15) is 17.8 Å². The van der Waals surface area contributed by atoms with E-state index in [9.17, 15) is 4.39 Å². The predicted octanol–water partition coefficient (Wildman–Crippen LogP) is 2.03. The van der Waals surface area contributed by atoms with Crippen molar-refractivity contribution in [1.82, 2.24) is 24.5 Å². The largest absolute Gasteiger partial charge is 0.348 e. The molecule has 0 spiro atoms. The molecule has 128 valence electrons. The van der Waals surface area contributed by atoms with Crippen molar-refractivity contribution in [1.29, 1.82) is 0 Å². The number of aryl methyl sites for hydroxylation is 1. The van der Waals surface area contributed by atoms with Crippen molar-refractivity contribution in [2.24, 2.45) is 0 Å². The van der Waals surface area contributed by atoms with E-state index in [-0.39, 0.29) is 5.82 Å². The van der Waals surface area contributed by atoms with Gasteiger partial charge in [-0.15, -0.1) is 10.2 Å². The number of halogens is 1. The smallest absolute Gasteiger partial charge is 0.203 e. The topological polar surface area (TPSA) is 49.6 Å². The molecule has 0 amide bonds. The van der Waals surface area contributed by atoms with Crippen LogP contribution in [0.25, 0.3) is 5.65 Å². The van der Waals surface area contributed by atoms with Crippen molar-refractivity contribution in [3.05, 3.63) is 53.9 Å². The minimum Gasteiger partial charge on any atom is -0.348 e. The van der Waals surface area contributed by atoms with Crippen LogP contribution in [0.3, 0.4) is 0 Å². The van der Waals surface area contributed by atoms with Gasteiger partial charge in [-0.25, -0.2) is 9.37 Å². The van der Waals surface area contributed by atoms with Crippen molar-refractivity contribution >= 4 is 11.5 Å². The molecule has 2 aromatic heterocycles. The van der Waals surface area contributed by atoms with Crippen molar-refractivity contribution in [3.63, 3.8) is 0 Å². The number of hydrogen-bond acceptors (Lipinski definition) is 5. The monoisotopic (exact) mass is 338 g/mol. The summed E-state index contributed by atoms with van der Waals surface area (Å²) >= 11 is 0. The maximum Gasteiger partial charge on any atom is 0.203 e. The average Bonchev–Trinajstić information content (AvgIpc) is 3.31. The van der Waals surface area contributed by atoms with E-state index in [0.29, 0.717) is 12.1 Å². The first-order valence-electron chi connectivity index (χ1n) is 8.60. The molecule has 7 heteroatoms. The molecule has 2 unspecified atom stereocenters. The van der Waals surface area contributed by atoms with Crippen molar-refractivity contribution in [2.45, 2.75) is 32.0 Å². The molecule has 6 nitrogen and oxygen atoms in total. The highest BCUT2D eigenvalue weighted by atomic mass is 19.1. The summed E-state index contributed by atoms with van der Waals surface area (Å²) in [6.45, 7) is 4.77. The lowest BCUT2D eigenvalue weighted by molar-refractivity contribution is 0.230. The Hall–Kier alpha value is -2.54. The molecule has 4 heterocycles. The molecule has 2 atom stereocenters. The maximum absolute atomic E-state index is 13.1. The van der Waals surface area contributed by atoms with E-state index in [1.54, 1.807) is 0 Å². The van der Waals surface area contributed by atoms with Crippen LogP contribution < -0.4 is 4.90 Å². The molecule has 0 radical (unpaired) electrons. The molecular formula is C18H19FN6. The molecule has 0 aliphatic carbocycles. The Bertz CT molecular complexity index is 921. The Morgan fingerprint density at radius 2 is 1.96 bits per heavy atom. The van der Waals surface area contributed by atoms with Crippen LogP contribution in [0.2, 0.25) is 0 Å². The summed E-state index contributed by atoms with van der Waals surface area (Å²) in [6.07, 6.45) is 4.86. The Labute approximate surface area is 144 Å². The highest BCUT2D eigenvalue weighted by Gasteiger charge is 2.44. The second-order valence-electron chi connectivity index (χ2n) is 6.94. The number of rotatable bonds is 3. The number of piperazine rings is 1. The summed E-state index contributed by atoms with van der Waals surface area (Å²) in [5.41, 5.74) is 1.99. The molecule has 0 saturated carbocycles.